The van der Waals surface area contributed by atoms with E-state index in [4.69, 9.17) is 13.8 Å². The van der Waals surface area contributed by atoms with Gasteiger partial charge in [0.05, 0.1) is 16.8 Å². The van der Waals surface area contributed by atoms with Crippen molar-refractivity contribution in [2.75, 3.05) is 0 Å². The number of allylic oxidation sites excluding steroid dienone is 3. The minimum Gasteiger partial charge on any atom is -0.456 e. The lowest BCUT2D eigenvalue weighted by Crippen LogP contribution is -2.25. The van der Waals surface area contributed by atoms with Crippen LogP contribution in [0.25, 0.3) is 109 Å². The Bertz CT molecular complexity index is 4520. The predicted molar refractivity (Wildman–Crippen MR) is 296 cm³/mol. The quantitative estimate of drug-likeness (QED) is 0.176. The van der Waals surface area contributed by atoms with Gasteiger partial charge in [-0.3, -0.25) is 4.99 Å². The number of para-hydroxylation sites is 1. The second-order valence-corrected chi connectivity index (χ2v) is 20.3. The highest BCUT2D eigenvalue weighted by Crippen LogP contribution is 2.63. The van der Waals surface area contributed by atoms with Crippen molar-refractivity contribution in [3.8, 4) is 33.4 Å². The van der Waals surface area contributed by atoms with E-state index in [0.717, 1.165) is 83.1 Å². The van der Waals surface area contributed by atoms with Crippen molar-refractivity contribution in [3.05, 3.63) is 263 Å². The monoisotopic (exact) mass is 921 g/mol. The highest BCUT2D eigenvalue weighted by Gasteiger charge is 2.51. The fourth-order valence-electron chi connectivity index (χ4n) is 12.6. The summed E-state index contributed by atoms with van der Waals surface area (Å²) in [7, 11) is 0. The largest absolute Gasteiger partial charge is 0.456 e. The van der Waals surface area contributed by atoms with Crippen molar-refractivity contribution in [2.24, 2.45) is 4.99 Å². The van der Waals surface area contributed by atoms with Gasteiger partial charge in [0.2, 0.25) is 0 Å². The van der Waals surface area contributed by atoms with Crippen LogP contribution in [0.2, 0.25) is 0 Å². The van der Waals surface area contributed by atoms with E-state index in [0.29, 0.717) is 6.42 Å². The molecule has 16 rings (SSSR count). The van der Waals surface area contributed by atoms with Crippen LogP contribution in [0.1, 0.15) is 45.4 Å². The van der Waals surface area contributed by atoms with Gasteiger partial charge in [-0.1, -0.05) is 164 Å². The van der Waals surface area contributed by atoms with E-state index in [1.165, 1.54) is 70.2 Å². The third kappa shape index (κ3) is 5.45. The number of hydrogen-bond acceptors (Lipinski definition) is 4. The molecular weight excluding hydrogens is 883 g/mol. The Morgan fingerprint density at radius 1 is 0.380 bits per heavy atom. The zero-order valence-electron chi connectivity index (χ0n) is 38.2. The summed E-state index contributed by atoms with van der Waals surface area (Å²) in [6.45, 7) is 0. The third-order valence-corrected chi connectivity index (χ3v) is 16.7. The van der Waals surface area contributed by atoms with Crippen molar-refractivity contribution in [3.63, 3.8) is 0 Å². The molecule has 0 amide bonds. The molecule has 4 heterocycles. The number of thiophene rings is 1. The summed E-state index contributed by atoms with van der Waals surface area (Å²) in [5.74, 6) is 0. The van der Waals surface area contributed by atoms with Crippen molar-refractivity contribution in [2.45, 2.75) is 11.8 Å². The van der Waals surface area contributed by atoms with Crippen LogP contribution < -0.4 is 0 Å². The van der Waals surface area contributed by atoms with Crippen LogP contribution in [-0.4, -0.2) is 5.71 Å². The number of aliphatic imine (C=N–C) groups is 1. The Kier molecular flexibility index (Phi) is 8.03. The fourth-order valence-corrected chi connectivity index (χ4v) is 13.7. The van der Waals surface area contributed by atoms with E-state index in [1.54, 1.807) is 0 Å². The highest BCUT2D eigenvalue weighted by atomic mass is 32.1. The summed E-state index contributed by atoms with van der Waals surface area (Å²) in [6.07, 6.45) is 5.27. The SMILES string of the molecule is C1=C(c2ccc3c(c2)oc2ccccc23)C=C(c2cccc3oc4ccc(-c5ccc6c(c5)-c5ccccc5C65c6ccccc6-c6ccccc65)cc4c23)N=C(c2cccc3sc4ccccc4c23)C1. The summed E-state index contributed by atoms with van der Waals surface area (Å²) in [4.78, 5) is 5.74. The van der Waals surface area contributed by atoms with Gasteiger partial charge in [0, 0.05) is 59.3 Å². The average Bonchev–Trinajstić information content (AvgIpc) is 4.21. The average molecular weight is 922 g/mol. The lowest BCUT2D eigenvalue weighted by Gasteiger charge is -2.30. The minimum absolute atomic E-state index is 0.379. The van der Waals surface area contributed by atoms with Crippen LogP contribution >= 0.6 is 11.3 Å². The molecule has 0 saturated heterocycles. The van der Waals surface area contributed by atoms with Crippen molar-refractivity contribution in [1.29, 1.82) is 0 Å². The highest BCUT2D eigenvalue weighted by molar-refractivity contribution is 7.25. The van der Waals surface area contributed by atoms with Crippen LogP contribution in [-0.2, 0) is 5.41 Å². The number of hydrogen-bond donors (Lipinski definition) is 0. The van der Waals surface area contributed by atoms with E-state index in [2.05, 4.69) is 212 Å². The van der Waals surface area contributed by atoms with Gasteiger partial charge >= 0.3 is 0 Å². The normalized spacial score (nSPS) is 14.5. The maximum atomic E-state index is 6.75. The molecule has 2 aliphatic carbocycles. The third-order valence-electron chi connectivity index (χ3n) is 15.6. The molecule has 0 radical (unpaired) electrons. The summed E-state index contributed by atoms with van der Waals surface area (Å²) in [5, 5.41) is 6.87. The lowest BCUT2D eigenvalue weighted by molar-refractivity contribution is 0.668. The Morgan fingerprint density at radius 3 is 1.79 bits per heavy atom. The van der Waals surface area contributed by atoms with Crippen LogP contribution in [0.15, 0.2) is 238 Å². The smallest absolute Gasteiger partial charge is 0.136 e. The molecule has 0 fully saturated rings. The second kappa shape index (κ2) is 14.6. The number of furan rings is 2. The molecule has 1 spiro atoms. The number of benzene rings is 10. The molecule has 0 unspecified atom stereocenters. The number of rotatable bonds is 4. The van der Waals surface area contributed by atoms with Gasteiger partial charge in [0.1, 0.15) is 22.3 Å². The van der Waals surface area contributed by atoms with Gasteiger partial charge in [-0.05, 0) is 127 Å². The Morgan fingerprint density at radius 2 is 0.958 bits per heavy atom. The molecule has 0 N–H and O–H groups in total. The summed E-state index contributed by atoms with van der Waals surface area (Å²) in [6, 6.07) is 77.6. The van der Waals surface area contributed by atoms with E-state index in [9.17, 15) is 0 Å². The van der Waals surface area contributed by atoms with Crippen molar-refractivity contribution < 1.29 is 8.83 Å². The standard InChI is InChI=1S/C67H39NO2S/c1-6-20-53-43(13-1)44-14-2-7-21-54(44)67(53)55-22-8-3-15-45(55)51-35-39(28-32-56(51)67)40-30-34-60-52(36-40)65-49(18-11-24-61(65)69-60)58-37-41(42-27-31-47-46-16-4-9-23-59(46)70-62(47)38-42)29-33-57(68-58)48-19-12-26-64-66(48)50-17-5-10-25-63(50)71-64/h1-32,34-38H,33H2. The van der Waals surface area contributed by atoms with Crippen LogP contribution in [0, 0.1) is 0 Å². The molecule has 3 nitrogen and oxygen atoms in total. The molecule has 13 aromatic rings. The topological polar surface area (TPSA) is 38.6 Å². The van der Waals surface area contributed by atoms with Gasteiger partial charge in [-0.25, -0.2) is 0 Å². The molecule has 71 heavy (non-hydrogen) atoms. The summed E-state index contributed by atoms with van der Waals surface area (Å²) in [5.41, 5.74) is 22.2. The summed E-state index contributed by atoms with van der Waals surface area (Å²) < 4.78 is 15.7. The lowest BCUT2D eigenvalue weighted by atomic mass is 9.70. The molecule has 0 saturated carbocycles. The number of fused-ring (bicyclic) bond motifs is 19. The molecule has 0 bridgehead atoms. The van der Waals surface area contributed by atoms with Crippen LogP contribution in [0.5, 0.6) is 0 Å². The molecule has 4 heteroatoms. The van der Waals surface area contributed by atoms with Gasteiger partial charge in [-0.2, -0.15) is 0 Å². The molecule has 0 atom stereocenters. The molecule has 1 aliphatic heterocycles. The van der Waals surface area contributed by atoms with Crippen LogP contribution in [0.4, 0.5) is 0 Å². The Hall–Kier alpha value is -8.83. The first kappa shape index (κ1) is 39.1. The van der Waals surface area contributed by atoms with Crippen molar-refractivity contribution in [1.82, 2.24) is 0 Å². The van der Waals surface area contributed by atoms with Gasteiger partial charge < -0.3 is 8.83 Å². The van der Waals surface area contributed by atoms with E-state index >= 15 is 0 Å². The molecule has 3 aromatic heterocycles. The van der Waals surface area contributed by atoms with Crippen molar-refractivity contribution >= 4 is 92.4 Å². The molecule has 3 aliphatic rings. The maximum Gasteiger partial charge on any atom is 0.136 e. The molecule has 330 valence electrons. The zero-order valence-corrected chi connectivity index (χ0v) is 39.1. The first-order valence-corrected chi connectivity index (χ1v) is 25.2. The number of nitrogens with zero attached hydrogens (tertiary/aromatic N) is 1. The second-order valence-electron chi connectivity index (χ2n) is 19.2. The Balaban J connectivity index is 0.881. The van der Waals surface area contributed by atoms with E-state index in [-0.39, 0.29) is 5.41 Å². The molecular formula is C67H39NO2S. The first-order valence-electron chi connectivity index (χ1n) is 24.4. The van der Waals surface area contributed by atoms with E-state index < -0.39 is 0 Å². The van der Waals surface area contributed by atoms with Gasteiger partial charge in [0.15, 0.2) is 0 Å². The molecule has 10 aromatic carbocycles. The summed E-state index contributed by atoms with van der Waals surface area (Å²) >= 11 is 1.84. The van der Waals surface area contributed by atoms with Crippen LogP contribution in [0.3, 0.4) is 0 Å². The van der Waals surface area contributed by atoms with E-state index in [1.807, 2.05) is 23.5 Å². The van der Waals surface area contributed by atoms with Gasteiger partial charge in [-0.15, -0.1) is 11.3 Å². The zero-order chi connectivity index (χ0) is 46.4. The first-order chi connectivity index (χ1) is 35.2. The Labute approximate surface area is 412 Å². The minimum atomic E-state index is -0.379. The predicted octanol–water partition coefficient (Wildman–Crippen LogP) is 18.2. The van der Waals surface area contributed by atoms with Gasteiger partial charge in [0.25, 0.3) is 0 Å². The maximum absolute atomic E-state index is 6.75. The fraction of sp³-hybridized carbons (Fsp3) is 0.0299.